The summed E-state index contributed by atoms with van der Waals surface area (Å²) in [4.78, 5) is 25.7. The largest absolute Gasteiger partial charge is 0.465 e. The third-order valence-corrected chi connectivity index (χ3v) is 11.5. The van der Waals surface area contributed by atoms with E-state index in [2.05, 4.69) is 46.5 Å². The number of allylic oxidation sites excluding steroid dienone is 1. The second kappa shape index (κ2) is 7.32. The number of esters is 1. The minimum absolute atomic E-state index is 0.0201. The summed E-state index contributed by atoms with van der Waals surface area (Å²) in [6.45, 7) is 19.0. The standard InChI is InChI=1S/C22H36O4Si/c1-9-14-22-15-13-17(23)21(6,19(24)25-10-2)16(22)11-12-18(22)26-27(7,8)20(3,4)5/h9,11,18H,1,10,12-15H2,2-8H3/t18-,21+,22-/m1/s1. The second-order valence-corrected chi connectivity index (χ2v) is 14.4. The van der Waals surface area contributed by atoms with E-state index in [0.29, 0.717) is 19.3 Å². The van der Waals surface area contributed by atoms with Crippen molar-refractivity contribution < 1.29 is 18.8 Å². The van der Waals surface area contributed by atoms with Gasteiger partial charge in [0.2, 0.25) is 0 Å². The van der Waals surface area contributed by atoms with Crippen LogP contribution in [0.2, 0.25) is 18.1 Å². The van der Waals surface area contributed by atoms with Crippen molar-refractivity contribution in [2.45, 2.75) is 84.5 Å². The predicted octanol–water partition coefficient (Wildman–Crippen LogP) is 5.20. The summed E-state index contributed by atoms with van der Waals surface area (Å²) in [5, 5.41) is 0.0973. The van der Waals surface area contributed by atoms with Gasteiger partial charge in [-0.3, -0.25) is 9.59 Å². The van der Waals surface area contributed by atoms with Crippen LogP contribution in [0, 0.1) is 10.8 Å². The monoisotopic (exact) mass is 392 g/mol. The summed E-state index contributed by atoms with van der Waals surface area (Å²) in [5.41, 5.74) is -0.650. The summed E-state index contributed by atoms with van der Waals surface area (Å²) >= 11 is 0. The van der Waals surface area contributed by atoms with E-state index in [1.165, 1.54) is 0 Å². The zero-order chi connectivity index (χ0) is 20.7. The molecule has 0 amide bonds. The Morgan fingerprint density at radius 1 is 1.41 bits per heavy atom. The first-order valence-corrected chi connectivity index (χ1v) is 13.0. The Morgan fingerprint density at radius 3 is 2.56 bits per heavy atom. The molecule has 2 aliphatic carbocycles. The molecule has 0 aliphatic heterocycles. The summed E-state index contributed by atoms with van der Waals surface area (Å²) < 4.78 is 12.2. The van der Waals surface area contributed by atoms with Crippen molar-refractivity contribution >= 4 is 20.1 Å². The fraction of sp³-hybridized carbons (Fsp3) is 0.727. The summed E-state index contributed by atoms with van der Waals surface area (Å²) in [7, 11) is -2.00. The lowest BCUT2D eigenvalue weighted by Gasteiger charge is -2.50. The molecular formula is C22H36O4Si. The number of hydrogen-bond donors (Lipinski definition) is 0. The normalized spacial score (nSPS) is 31.3. The van der Waals surface area contributed by atoms with Crippen LogP contribution in [0.1, 0.15) is 60.3 Å². The molecule has 2 aliphatic rings. The van der Waals surface area contributed by atoms with Gasteiger partial charge in [-0.2, -0.15) is 0 Å². The van der Waals surface area contributed by atoms with Crippen molar-refractivity contribution in [2.75, 3.05) is 6.61 Å². The van der Waals surface area contributed by atoms with Gasteiger partial charge in [-0.15, -0.1) is 6.58 Å². The lowest BCUT2D eigenvalue weighted by molar-refractivity contribution is -0.159. The molecule has 3 atom stereocenters. The Bertz CT molecular complexity index is 658. The first kappa shape index (κ1) is 22.1. The van der Waals surface area contributed by atoms with Crippen LogP contribution in [-0.4, -0.2) is 32.8 Å². The van der Waals surface area contributed by atoms with Gasteiger partial charge in [0.05, 0.1) is 12.7 Å². The van der Waals surface area contributed by atoms with Crippen LogP contribution >= 0.6 is 0 Å². The molecule has 0 unspecified atom stereocenters. The van der Waals surface area contributed by atoms with Crippen LogP contribution in [-0.2, 0) is 18.8 Å². The van der Waals surface area contributed by atoms with E-state index in [1.54, 1.807) is 13.8 Å². The van der Waals surface area contributed by atoms with Gasteiger partial charge in [0.1, 0.15) is 5.41 Å². The van der Waals surface area contributed by atoms with Crippen molar-refractivity contribution in [3.05, 3.63) is 24.3 Å². The van der Waals surface area contributed by atoms with Crippen LogP contribution in [0.4, 0.5) is 0 Å². The van der Waals surface area contributed by atoms with Gasteiger partial charge >= 0.3 is 5.97 Å². The zero-order valence-corrected chi connectivity index (χ0v) is 19.1. The van der Waals surface area contributed by atoms with Crippen molar-refractivity contribution in [1.82, 2.24) is 0 Å². The highest BCUT2D eigenvalue weighted by molar-refractivity contribution is 6.74. The minimum Gasteiger partial charge on any atom is -0.465 e. The molecule has 4 nitrogen and oxygen atoms in total. The van der Waals surface area contributed by atoms with Crippen LogP contribution < -0.4 is 0 Å². The van der Waals surface area contributed by atoms with Crippen LogP contribution in [0.3, 0.4) is 0 Å². The van der Waals surface area contributed by atoms with Crippen molar-refractivity contribution in [3.8, 4) is 0 Å². The van der Waals surface area contributed by atoms with Crippen molar-refractivity contribution in [1.29, 1.82) is 0 Å². The molecule has 0 N–H and O–H groups in total. The third-order valence-electron chi connectivity index (χ3n) is 7.02. The molecule has 27 heavy (non-hydrogen) atoms. The zero-order valence-electron chi connectivity index (χ0n) is 18.1. The van der Waals surface area contributed by atoms with E-state index < -0.39 is 19.7 Å². The summed E-state index contributed by atoms with van der Waals surface area (Å²) in [6.07, 6.45) is 6.49. The molecule has 0 aromatic heterocycles. The Kier molecular flexibility index (Phi) is 5.99. The van der Waals surface area contributed by atoms with E-state index in [0.717, 1.165) is 12.0 Å². The van der Waals surface area contributed by atoms with Crippen LogP contribution in [0.25, 0.3) is 0 Å². The molecule has 0 spiro atoms. The number of ether oxygens (including phenoxy) is 1. The number of carbonyl (C=O) groups excluding carboxylic acids is 2. The maximum Gasteiger partial charge on any atom is 0.323 e. The maximum atomic E-state index is 12.9. The first-order chi connectivity index (χ1) is 12.4. The van der Waals surface area contributed by atoms with Gasteiger partial charge in [0, 0.05) is 11.8 Å². The predicted molar refractivity (Wildman–Crippen MR) is 111 cm³/mol. The van der Waals surface area contributed by atoms with E-state index in [1.807, 2.05) is 6.08 Å². The Balaban J connectivity index is 2.48. The quantitative estimate of drug-likeness (QED) is 0.270. The fourth-order valence-electron chi connectivity index (χ4n) is 4.36. The van der Waals surface area contributed by atoms with E-state index in [9.17, 15) is 9.59 Å². The maximum absolute atomic E-state index is 12.9. The highest BCUT2D eigenvalue weighted by Crippen LogP contribution is 2.59. The number of rotatable bonds is 6. The molecule has 0 heterocycles. The number of ketones is 1. The second-order valence-electron chi connectivity index (χ2n) is 9.64. The third kappa shape index (κ3) is 3.49. The molecular weight excluding hydrogens is 356 g/mol. The van der Waals surface area contributed by atoms with E-state index >= 15 is 0 Å². The van der Waals surface area contributed by atoms with Gasteiger partial charge < -0.3 is 9.16 Å². The van der Waals surface area contributed by atoms with E-state index in [-0.39, 0.29) is 28.9 Å². The lowest BCUT2D eigenvalue weighted by Crippen LogP contribution is -2.54. The SMILES string of the molecule is C=CC[C@@]12CCC(=O)[C@@](C)(C(=O)OCC)C1=CC[C@H]2O[Si](C)(C)C(C)(C)C. The lowest BCUT2D eigenvalue weighted by atomic mass is 9.57. The Labute approximate surface area is 165 Å². The number of carbonyl (C=O) groups is 2. The number of hydrogen-bond acceptors (Lipinski definition) is 4. The smallest absolute Gasteiger partial charge is 0.323 e. The van der Waals surface area contributed by atoms with Crippen molar-refractivity contribution in [3.63, 3.8) is 0 Å². The molecule has 1 fully saturated rings. The highest BCUT2D eigenvalue weighted by atomic mass is 28.4. The first-order valence-electron chi connectivity index (χ1n) is 10.1. The molecule has 5 heteroatoms. The van der Waals surface area contributed by atoms with Gasteiger partial charge in [0.25, 0.3) is 0 Å². The molecule has 1 saturated carbocycles. The average Bonchev–Trinajstić information content (AvgIpc) is 2.89. The molecule has 152 valence electrons. The van der Waals surface area contributed by atoms with Crippen molar-refractivity contribution in [2.24, 2.45) is 10.8 Å². The topological polar surface area (TPSA) is 52.6 Å². The van der Waals surface area contributed by atoms with Gasteiger partial charge in [-0.1, -0.05) is 32.9 Å². The summed E-state index contributed by atoms with van der Waals surface area (Å²) in [5.74, 6) is -0.470. The number of fused-ring (bicyclic) bond motifs is 1. The Morgan fingerprint density at radius 2 is 2.04 bits per heavy atom. The minimum atomic E-state index is -2.00. The molecule has 0 saturated heterocycles. The van der Waals surface area contributed by atoms with Gasteiger partial charge in [-0.05, 0) is 56.8 Å². The molecule has 2 rings (SSSR count). The fourth-order valence-corrected chi connectivity index (χ4v) is 5.74. The molecule has 0 aromatic carbocycles. The highest BCUT2D eigenvalue weighted by Gasteiger charge is 2.61. The van der Waals surface area contributed by atoms with Gasteiger partial charge in [-0.25, -0.2) is 0 Å². The van der Waals surface area contributed by atoms with Crippen LogP contribution in [0.15, 0.2) is 24.3 Å². The molecule has 0 radical (unpaired) electrons. The molecule has 0 aromatic rings. The average molecular weight is 393 g/mol. The summed E-state index contributed by atoms with van der Waals surface area (Å²) in [6, 6.07) is 0. The van der Waals surface area contributed by atoms with Crippen LogP contribution in [0.5, 0.6) is 0 Å². The molecule has 0 bridgehead atoms. The van der Waals surface area contributed by atoms with E-state index in [4.69, 9.17) is 9.16 Å². The van der Waals surface area contributed by atoms with Gasteiger partial charge in [0.15, 0.2) is 14.1 Å². The Hall–Kier alpha value is -1.20. The number of Topliss-reactive ketones (excluding diaryl/α,β-unsaturated/α-hetero) is 1.